The molecular formula is C26H31ClF5N5O4. The number of aliphatic hydroxyl groups is 2. The average Bonchev–Trinajstić information content (AvgIpc) is 2.92. The lowest BCUT2D eigenvalue weighted by molar-refractivity contribution is -0.139. The van der Waals surface area contributed by atoms with Crippen molar-refractivity contribution in [3.63, 3.8) is 0 Å². The minimum atomic E-state index is -4.26. The molecule has 2 unspecified atom stereocenters. The van der Waals surface area contributed by atoms with Crippen LogP contribution in [0.25, 0.3) is 0 Å². The van der Waals surface area contributed by atoms with Crippen molar-refractivity contribution >= 4 is 34.9 Å². The number of alkyl halides is 3. The van der Waals surface area contributed by atoms with Crippen LogP contribution >= 0.6 is 11.6 Å². The summed E-state index contributed by atoms with van der Waals surface area (Å²) in [6.07, 6.45) is -6.36. The van der Waals surface area contributed by atoms with E-state index < -0.39 is 61.0 Å². The fraction of sp³-hybridized carbons (Fsp3) is 0.462. The van der Waals surface area contributed by atoms with Gasteiger partial charge >= 0.3 is 12.2 Å². The number of nitrogens with zero attached hydrogens (tertiary/aromatic N) is 2. The predicted octanol–water partition coefficient (Wildman–Crippen LogP) is 3.49. The molecule has 2 aromatic carbocycles. The van der Waals surface area contributed by atoms with Gasteiger partial charge in [-0.05, 0) is 31.2 Å². The van der Waals surface area contributed by atoms with Crippen LogP contribution in [0.4, 0.5) is 38.1 Å². The molecule has 2 aromatic rings. The van der Waals surface area contributed by atoms with Crippen molar-refractivity contribution in [1.82, 2.24) is 15.5 Å². The Bertz CT molecular complexity index is 1240. The van der Waals surface area contributed by atoms with Crippen LogP contribution in [0.1, 0.15) is 29.3 Å². The van der Waals surface area contributed by atoms with Crippen LogP contribution in [0.5, 0.6) is 0 Å². The van der Waals surface area contributed by atoms with Gasteiger partial charge in [0.25, 0.3) is 5.91 Å². The first-order chi connectivity index (χ1) is 19.3. The maximum absolute atomic E-state index is 14.9. The molecule has 0 bridgehead atoms. The fourth-order valence-electron chi connectivity index (χ4n) is 4.29. The Morgan fingerprint density at radius 2 is 1.85 bits per heavy atom. The molecular weight excluding hydrogens is 577 g/mol. The Kier molecular flexibility index (Phi) is 11.1. The van der Waals surface area contributed by atoms with Gasteiger partial charge in [-0.25, -0.2) is 13.6 Å². The van der Waals surface area contributed by atoms with Crippen molar-refractivity contribution in [2.24, 2.45) is 0 Å². The SMILES string of the molecule is CC1CN(c2cc(Cl)ccc2NC(=O)c2ccc(CNC(=O)NCC(O)CO)c(F)c2F)CCN1CCC(F)(F)F. The van der Waals surface area contributed by atoms with Crippen LogP contribution in [-0.4, -0.2) is 84.7 Å². The summed E-state index contributed by atoms with van der Waals surface area (Å²) in [6, 6.07) is 5.75. The Morgan fingerprint density at radius 1 is 1.12 bits per heavy atom. The van der Waals surface area contributed by atoms with Gasteiger partial charge in [0.2, 0.25) is 0 Å². The van der Waals surface area contributed by atoms with Gasteiger partial charge in [-0.1, -0.05) is 17.7 Å². The van der Waals surface area contributed by atoms with E-state index in [0.29, 0.717) is 30.3 Å². The number of nitrogens with one attached hydrogen (secondary N) is 3. The summed E-state index contributed by atoms with van der Waals surface area (Å²) >= 11 is 6.17. The molecule has 0 aliphatic carbocycles. The lowest BCUT2D eigenvalue weighted by Gasteiger charge is -2.41. The van der Waals surface area contributed by atoms with Crippen molar-refractivity contribution in [1.29, 1.82) is 0 Å². The Hall–Kier alpha value is -3.20. The van der Waals surface area contributed by atoms with E-state index in [-0.39, 0.29) is 30.4 Å². The number of aliphatic hydroxyl groups excluding tert-OH is 2. The zero-order chi connectivity index (χ0) is 30.3. The molecule has 3 amide bonds. The number of carbonyl (C=O) groups excluding carboxylic acids is 2. The normalized spacial score (nSPS) is 16.8. The quantitative estimate of drug-likeness (QED) is 0.264. The minimum absolute atomic E-state index is 0.133. The highest BCUT2D eigenvalue weighted by Gasteiger charge is 2.31. The lowest BCUT2D eigenvalue weighted by atomic mass is 10.1. The van der Waals surface area contributed by atoms with Crippen molar-refractivity contribution in [2.45, 2.75) is 38.2 Å². The number of piperazine rings is 1. The van der Waals surface area contributed by atoms with Crippen molar-refractivity contribution in [3.8, 4) is 0 Å². The molecule has 41 heavy (non-hydrogen) atoms. The Morgan fingerprint density at radius 3 is 2.51 bits per heavy atom. The summed E-state index contributed by atoms with van der Waals surface area (Å²) < 4.78 is 67.6. The molecule has 0 spiro atoms. The number of benzene rings is 2. The van der Waals surface area contributed by atoms with Crippen LogP contribution < -0.4 is 20.9 Å². The van der Waals surface area contributed by atoms with E-state index in [0.717, 1.165) is 12.1 Å². The third-order valence-corrected chi connectivity index (χ3v) is 6.79. The van der Waals surface area contributed by atoms with E-state index >= 15 is 0 Å². The van der Waals surface area contributed by atoms with E-state index in [9.17, 15) is 36.6 Å². The van der Waals surface area contributed by atoms with Crippen molar-refractivity contribution in [2.75, 3.05) is 49.5 Å². The van der Waals surface area contributed by atoms with Crippen LogP contribution in [0.2, 0.25) is 5.02 Å². The van der Waals surface area contributed by atoms with Crippen molar-refractivity contribution < 1.29 is 41.8 Å². The first-order valence-corrected chi connectivity index (χ1v) is 13.1. The predicted molar refractivity (Wildman–Crippen MR) is 143 cm³/mol. The average molecular weight is 608 g/mol. The zero-order valence-corrected chi connectivity index (χ0v) is 22.8. The van der Waals surface area contributed by atoms with E-state index in [1.54, 1.807) is 17.9 Å². The van der Waals surface area contributed by atoms with Crippen LogP contribution in [0.15, 0.2) is 30.3 Å². The number of halogens is 6. The largest absolute Gasteiger partial charge is 0.394 e. The zero-order valence-electron chi connectivity index (χ0n) is 22.1. The van der Waals surface area contributed by atoms with Gasteiger partial charge in [0.1, 0.15) is 0 Å². The second kappa shape index (κ2) is 14.1. The first-order valence-electron chi connectivity index (χ1n) is 12.7. The molecule has 1 aliphatic rings. The molecule has 0 saturated carbocycles. The van der Waals surface area contributed by atoms with Crippen LogP contribution in [-0.2, 0) is 6.54 Å². The molecule has 0 aromatic heterocycles. The Labute approximate surface area is 238 Å². The third kappa shape index (κ3) is 9.15. The summed E-state index contributed by atoms with van der Waals surface area (Å²) in [4.78, 5) is 28.3. The molecule has 0 radical (unpaired) electrons. The number of amides is 3. The number of carbonyl (C=O) groups is 2. The molecule has 1 fully saturated rings. The second-order valence-corrected chi connectivity index (χ2v) is 10.0. The minimum Gasteiger partial charge on any atom is -0.394 e. The summed E-state index contributed by atoms with van der Waals surface area (Å²) in [5, 5.41) is 25.4. The second-order valence-electron chi connectivity index (χ2n) is 9.61. The van der Waals surface area contributed by atoms with Gasteiger partial charge in [-0.15, -0.1) is 0 Å². The van der Waals surface area contributed by atoms with Gasteiger partial charge in [-0.2, -0.15) is 13.2 Å². The van der Waals surface area contributed by atoms with E-state index in [1.165, 1.54) is 12.1 Å². The molecule has 5 N–H and O–H groups in total. The van der Waals surface area contributed by atoms with E-state index in [1.807, 2.05) is 4.90 Å². The molecule has 9 nitrogen and oxygen atoms in total. The molecule has 226 valence electrons. The topological polar surface area (TPSA) is 117 Å². The maximum Gasteiger partial charge on any atom is 0.390 e. The smallest absolute Gasteiger partial charge is 0.390 e. The highest BCUT2D eigenvalue weighted by Crippen LogP contribution is 2.32. The number of rotatable bonds is 10. The highest BCUT2D eigenvalue weighted by atomic mass is 35.5. The number of urea groups is 1. The third-order valence-electron chi connectivity index (χ3n) is 6.55. The fourth-order valence-corrected chi connectivity index (χ4v) is 4.46. The van der Waals surface area contributed by atoms with Crippen LogP contribution in [0, 0.1) is 11.6 Å². The molecule has 1 aliphatic heterocycles. The number of hydrogen-bond donors (Lipinski definition) is 5. The van der Waals surface area contributed by atoms with E-state index in [4.69, 9.17) is 16.7 Å². The summed E-state index contributed by atoms with van der Waals surface area (Å²) in [7, 11) is 0. The molecule has 15 heteroatoms. The summed E-state index contributed by atoms with van der Waals surface area (Å²) in [5.74, 6) is -3.72. The van der Waals surface area contributed by atoms with Gasteiger partial charge in [0, 0.05) is 55.9 Å². The monoisotopic (exact) mass is 607 g/mol. The van der Waals surface area contributed by atoms with Gasteiger partial charge < -0.3 is 31.1 Å². The first kappa shape index (κ1) is 32.3. The Balaban J connectivity index is 1.68. The molecule has 1 heterocycles. The van der Waals surface area contributed by atoms with Crippen molar-refractivity contribution in [3.05, 3.63) is 58.1 Å². The number of hydrogen-bond acceptors (Lipinski definition) is 6. The molecule has 1 saturated heterocycles. The maximum atomic E-state index is 14.9. The lowest BCUT2D eigenvalue weighted by Crippen LogP contribution is -2.52. The summed E-state index contributed by atoms with van der Waals surface area (Å²) in [6.45, 7) is 1.46. The summed E-state index contributed by atoms with van der Waals surface area (Å²) in [5.41, 5.74) is -0.0932. The standard InChI is InChI=1S/C26H31ClF5N5O4/c1-15-13-37(9-8-36(15)7-6-26(30,31)32)21-10-17(27)3-5-20(21)35-24(40)19-4-2-16(22(28)23(19)29)11-33-25(41)34-12-18(39)14-38/h2-5,10,15,18,38-39H,6-9,11-14H2,1H3,(H,35,40)(H2,33,34,41). The molecule has 3 rings (SSSR count). The molecule has 2 atom stereocenters. The highest BCUT2D eigenvalue weighted by molar-refractivity contribution is 6.31. The van der Waals surface area contributed by atoms with Gasteiger partial charge in [-0.3, -0.25) is 9.69 Å². The number of anilines is 2. The van der Waals surface area contributed by atoms with Crippen LogP contribution in [0.3, 0.4) is 0 Å². The van der Waals surface area contributed by atoms with Gasteiger partial charge in [0.05, 0.1) is 36.1 Å². The van der Waals surface area contributed by atoms with E-state index in [2.05, 4.69) is 16.0 Å². The van der Waals surface area contributed by atoms with Gasteiger partial charge in [0.15, 0.2) is 11.6 Å².